The largest absolute Gasteiger partial charge is 0.481 e. The van der Waals surface area contributed by atoms with E-state index < -0.39 is 5.97 Å². The van der Waals surface area contributed by atoms with E-state index in [1.807, 2.05) is 6.92 Å². The van der Waals surface area contributed by atoms with Gasteiger partial charge in [-0.25, -0.2) is 0 Å². The lowest BCUT2D eigenvalue weighted by molar-refractivity contribution is -0.139. The van der Waals surface area contributed by atoms with E-state index in [0.717, 1.165) is 19.5 Å². The maximum Gasteiger partial charge on any atom is 0.303 e. The van der Waals surface area contributed by atoms with Crippen LogP contribution < -0.4 is 0 Å². The fraction of sp³-hybridized carbons (Fsp3) is 0.700. The standard InChI is InChI=1S/C10H15N3O3/c1-2-9-11-8(12-16-9)6-13-4-7(5-13)3-10(14)15/h7H,2-6H2,1H3,(H,14,15). The van der Waals surface area contributed by atoms with Gasteiger partial charge in [0.15, 0.2) is 5.82 Å². The molecular formula is C10H15N3O3. The maximum atomic E-state index is 10.5. The zero-order chi connectivity index (χ0) is 11.5. The van der Waals surface area contributed by atoms with Gasteiger partial charge in [-0.1, -0.05) is 12.1 Å². The maximum absolute atomic E-state index is 10.5. The fourth-order valence-corrected chi connectivity index (χ4v) is 1.88. The van der Waals surface area contributed by atoms with Crippen molar-refractivity contribution in [2.24, 2.45) is 5.92 Å². The molecule has 1 aliphatic rings. The Morgan fingerprint density at radius 2 is 2.38 bits per heavy atom. The number of aryl methyl sites for hydroxylation is 1. The molecule has 6 nitrogen and oxygen atoms in total. The number of likely N-dealkylation sites (tertiary alicyclic amines) is 1. The van der Waals surface area contributed by atoms with Crippen LogP contribution in [0.5, 0.6) is 0 Å². The Morgan fingerprint density at radius 3 is 2.94 bits per heavy atom. The van der Waals surface area contributed by atoms with Crippen molar-refractivity contribution in [2.45, 2.75) is 26.3 Å². The Kier molecular flexibility index (Phi) is 3.19. The summed E-state index contributed by atoms with van der Waals surface area (Å²) in [6, 6.07) is 0. The summed E-state index contributed by atoms with van der Waals surface area (Å²) in [4.78, 5) is 16.8. The van der Waals surface area contributed by atoms with Crippen LogP contribution in [0.2, 0.25) is 0 Å². The second kappa shape index (κ2) is 4.61. The average Bonchev–Trinajstić information content (AvgIpc) is 2.61. The number of aliphatic carboxylic acids is 1. The minimum absolute atomic E-state index is 0.253. The number of aromatic nitrogens is 2. The summed E-state index contributed by atoms with van der Waals surface area (Å²) in [6.45, 7) is 4.23. The summed E-state index contributed by atoms with van der Waals surface area (Å²) in [5.41, 5.74) is 0. The van der Waals surface area contributed by atoms with E-state index in [-0.39, 0.29) is 12.3 Å². The zero-order valence-electron chi connectivity index (χ0n) is 9.22. The second-order valence-corrected chi connectivity index (χ2v) is 4.12. The van der Waals surface area contributed by atoms with Gasteiger partial charge in [0, 0.05) is 19.5 Å². The Hall–Kier alpha value is -1.43. The van der Waals surface area contributed by atoms with Crippen LogP contribution >= 0.6 is 0 Å². The highest BCUT2D eigenvalue weighted by atomic mass is 16.5. The molecule has 0 bridgehead atoms. The van der Waals surface area contributed by atoms with Gasteiger partial charge >= 0.3 is 5.97 Å². The van der Waals surface area contributed by atoms with Crippen molar-refractivity contribution in [2.75, 3.05) is 13.1 Å². The monoisotopic (exact) mass is 225 g/mol. The quantitative estimate of drug-likeness (QED) is 0.787. The number of carbonyl (C=O) groups is 1. The topological polar surface area (TPSA) is 79.5 Å². The molecule has 1 aromatic rings. The first kappa shape index (κ1) is 11.1. The molecule has 0 atom stereocenters. The second-order valence-electron chi connectivity index (χ2n) is 4.12. The highest BCUT2D eigenvalue weighted by molar-refractivity contribution is 5.67. The Labute approximate surface area is 93.2 Å². The van der Waals surface area contributed by atoms with E-state index in [4.69, 9.17) is 9.63 Å². The number of carboxylic acids is 1. The van der Waals surface area contributed by atoms with Crippen molar-refractivity contribution in [1.82, 2.24) is 15.0 Å². The van der Waals surface area contributed by atoms with Gasteiger partial charge in [-0.05, 0) is 5.92 Å². The van der Waals surface area contributed by atoms with Gasteiger partial charge in [-0.3, -0.25) is 9.69 Å². The van der Waals surface area contributed by atoms with Crippen LogP contribution in [0.1, 0.15) is 25.1 Å². The number of nitrogens with zero attached hydrogens (tertiary/aromatic N) is 3. The van der Waals surface area contributed by atoms with Crippen molar-refractivity contribution < 1.29 is 14.4 Å². The van der Waals surface area contributed by atoms with Crippen molar-refractivity contribution in [1.29, 1.82) is 0 Å². The summed E-state index contributed by atoms with van der Waals surface area (Å²) >= 11 is 0. The van der Waals surface area contributed by atoms with Gasteiger partial charge in [-0.2, -0.15) is 4.98 Å². The number of carboxylic acid groups (broad SMARTS) is 1. The number of rotatable bonds is 5. The third-order valence-electron chi connectivity index (χ3n) is 2.67. The van der Waals surface area contributed by atoms with Gasteiger partial charge < -0.3 is 9.63 Å². The molecule has 0 spiro atoms. The highest BCUT2D eigenvalue weighted by Gasteiger charge is 2.29. The fourth-order valence-electron chi connectivity index (χ4n) is 1.88. The molecule has 1 N–H and O–H groups in total. The summed E-state index contributed by atoms with van der Waals surface area (Å²) in [6.07, 6.45) is 0.998. The van der Waals surface area contributed by atoms with Crippen LogP contribution in [0.25, 0.3) is 0 Å². The molecule has 1 aromatic heterocycles. The van der Waals surface area contributed by atoms with Crippen molar-refractivity contribution in [3.63, 3.8) is 0 Å². The van der Waals surface area contributed by atoms with E-state index >= 15 is 0 Å². The van der Waals surface area contributed by atoms with Crippen LogP contribution in [0, 0.1) is 5.92 Å². The molecule has 2 heterocycles. The average molecular weight is 225 g/mol. The smallest absolute Gasteiger partial charge is 0.303 e. The third-order valence-corrected chi connectivity index (χ3v) is 2.67. The van der Waals surface area contributed by atoms with Crippen molar-refractivity contribution in [3.8, 4) is 0 Å². The normalized spacial score (nSPS) is 17.3. The molecule has 88 valence electrons. The van der Waals surface area contributed by atoms with Gasteiger partial charge in [0.2, 0.25) is 5.89 Å². The van der Waals surface area contributed by atoms with Crippen molar-refractivity contribution in [3.05, 3.63) is 11.7 Å². The Morgan fingerprint density at radius 1 is 1.62 bits per heavy atom. The van der Waals surface area contributed by atoms with Gasteiger partial charge in [-0.15, -0.1) is 0 Å². The summed E-state index contributed by atoms with van der Waals surface area (Å²) in [5.74, 6) is 0.885. The summed E-state index contributed by atoms with van der Waals surface area (Å²) in [5, 5.41) is 12.5. The Bertz CT molecular complexity index is 371. The molecule has 1 fully saturated rings. The van der Waals surface area contributed by atoms with E-state index in [0.29, 0.717) is 18.3 Å². The lowest BCUT2D eigenvalue weighted by Gasteiger charge is -2.37. The van der Waals surface area contributed by atoms with Crippen LogP contribution in [0.15, 0.2) is 4.52 Å². The lowest BCUT2D eigenvalue weighted by atomic mass is 9.96. The molecule has 6 heteroatoms. The predicted molar refractivity (Wildman–Crippen MR) is 54.7 cm³/mol. The molecule has 0 aromatic carbocycles. The molecule has 0 saturated carbocycles. The third kappa shape index (κ3) is 2.57. The van der Waals surface area contributed by atoms with Crippen LogP contribution in [0.4, 0.5) is 0 Å². The van der Waals surface area contributed by atoms with Gasteiger partial charge in [0.1, 0.15) is 0 Å². The van der Waals surface area contributed by atoms with E-state index in [2.05, 4.69) is 15.0 Å². The van der Waals surface area contributed by atoms with Gasteiger partial charge in [0.05, 0.1) is 13.0 Å². The highest BCUT2D eigenvalue weighted by Crippen LogP contribution is 2.20. The van der Waals surface area contributed by atoms with E-state index in [9.17, 15) is 4.79 Å². The van der Waals surface area contributed by atoms with E-state index in [1.165, 1.54) is 0 Å². The van der Waals surface area contributed by atoms with Gasteiger partial charge in [0.25, 0.3) is 0 Å². The van der Waals surface area contributed by atoms with Crippen molar-refractivity contribution >= 4 is 5.97 Å². The molecule has 0 aliphatic carbocycles. The molecule has 1 saturated heterocycles. The summed E-state index contributed by atoms with van der Waals surface area (Å²) < 4.78 is 4.99. The van der Waals surface area contributed by atoms with Crippen LogP contribution in [-0.4, -0.2) is 39.2 Å². The number of hydrogen-bond acceptors (Lipinski definition) is 5. The van der Waals surface area contributed by atoms with Crippen LogP contribution in [0.3, 0.4) is 0 Å². The molecule has 16 heavy (non-hydrogen) atoms. The first-order chi connectivity index (χ1) is 7.67. The predicted octanol–water partition coefficient (Wildman–Crippen LogP) is 0.538. The summed E-state index contributed by atoms with van der Waals surface area (Å²) in [7, 11) is 0. The minimum Gasteiger partial charge on any atom is -0.481 e. The molecule has 0 unspecified atom stereocenters. The number of hydrogen-bond donors (Lipinski definition) is 1. The zero-order valence-corrected chi connectivity index (χ0v) is 9.22. The van der Waals surface area contributed by atoms with E-state index in [1.54, 1.807) is 0 Å². The molecular weight excluding hydrogens is 210 g/mol. The molecule has 0 amide bonds. The minimum atomic E-state index is -0.725. The first-order valence-corrected chi connectivity index (χ1v) is 5.43. The lowest BCUT2D eigenvalue weighted by Crippen LogP contribution is -2.46. The molecule has 1 aliphatic heterocycles. The molecule has 0 radical (unpaired) electrons. The van der Waals surface area contributed by atoms with Crippen LogP contribution in [-0.2, 0) is 17.8 Å². The molecule has 2 rings (SSSR count). The first-order valence-electron chi connectivity index (χ1n) is 5.43. The SMILES string of the molecule is CCc1nc(CN2CC(CC(=O)O)C2)no1. The Balaban J connectivity index is 1.74.